The number of ether oxygens (including phenoxy) is 4. The number of ketones is 1. The molecule has 0 bridgehead atoms. The van der Waals surface area contributed by atoms with Crippen molar-refractivity contribution in [1.29, 1.82) is 0 Å². The van der Waals surface area contributed by atoms with Gasteiger partial charge >= 0.3 is 5.97 Å². The van der Waals surface area contributed by atoms with E-state index in [0.29, 0.717) is 68.1 Å². The van der Waals surface area contributed by atoms with Crippen molar-refractivity contribution in [2.45, 2.75) is 58.8 Å². The molecule has 0 radical (unpaired) electrons. The number of piperazine rings is 1. The Labute approximate surface area is 383 Å². The number of hydrogen-bond acceptors (Lipinski definition) is 15. The van der Waals surface area contributed by atoms with Gasteiger partial charge in [-0.2, -0.15) is 0 Å². The molecule has 0 aliphatic carbocycles. The molecule has 0 spiro atoms. The van der Waals surface area contributed by atoms with E-state index in [9.17, 15) is 33.9 Å². The molecule has 65 heavy (non-hydrogen) atoms. The number of benzene rings is 3. The Kier molecular flexibility index (Phi) is 17.1. The maximum atomic E-state index is 13.7. The Morgan fingerprint density at radius 2 is 1.65 bits per heavy atom. The number of nitrogens with zero attached hydrogens (tertiary/aromatic N) is 4. The lowest BCUT2D eigenvalue weighted by atomic mass is 10.0. The Balaban J connectivity index is 0.903. The van der Waals surface area contributed by atoms with E-state index in [2.05, 4.69) is 27.5 Å². The van der Waals surface area contributed by atoms with E-state index in [1.807, 2.05) is 13.0 Å². The summed E-state index contributed by atoms with van der Waals surface area (Å²) in [5.41, 5.74) is 3.12. The van der Waals surface area contributed by atoms with Gasteiger partial charge < -0.3 is 39.6 Å². The molecule has 3 aromatic carbocycles. The van der Waals surface area contributed by atoms with Gasteiger partial charge in [0.2, 0.25) is 5.91 Å². The summed E-state index contributed by atoms with van der Waals surface area (Å²) in [7, 11) is 2.10. The number of amides is 4. The van der Waals surface area contributed by atoms with Crippen LogP contribution in [-0.2, 0) is 35.1 Å². The number of halogens is 1. The number of aromatic hydroxyl groups is 1. The summed E-state index contributed by atoms with van der Waals surface area (Å²) in [6.07, 6.45) is 1.76. The van der Waals surface area contributed by atoms with E-state index in [4.69, 9.17) is 30.5 Å². The van der Waals surface area contributed by atoms with Crippen LogP contribution < -0.4 is 15.4 Å². The molecule has 3 aromatic rings. The third kappa shape index (κ3) is 12.1. The number of nitrogens with one attached hydrogen (secondary N) is 2. The molecule has 6 rings (SSSR count). The number of carbonyl (C=O) groups excluding carboxylic acids is 6. The van der Waals surface area contributed by atoms with Crippen LogP contribution >= 0.6 is 11.6 Å². The quantitative estimate of drug-likeness (QED) is 0.0398. The summed E-state index contributed by atoms with van der Waals surface area (Å²) >= 11 is 6.57. The zero-order valence-electron chi connectivity index (χ0n) is 37.2. The van der Waals surface area contributed by atoms with Crippen LogP contribution in [-0.4, -0.2) is 152 Å². The van der Waals surface area contributed by atoms with Crippen LogP contribution in [0.1, 0.15) is 82.2 Å². The Bertz CT molecular complexity index is 2280. The number of hydrogen-bond donors (Lipinski definition) is 3. The number of allylic oxidation sites excluding steroid dienone is 1. The first-order valence-electron chi connectivity index (χ1n) is 21.9. The number of esters is 1. The lowest BCUT2D eigenvalue weighted by molar-refractivity contribution is -0.173. The number of carbonyl (C=O) groups is 6. The molecular formula is C47H57ClN6O11. The lowest BCUT2D eigenvalue weighted by Gasteiger charge is -2.36. The normalized spacial score (nSPS) is 17.5. The van der Waals surface area contributed by atoms with E-state index >= 15 is 0 Å². The zero-order chi connectivity index (χ0) is 46.6. The summed E-state index contributed by atoms with van der Waals surface area (Å²) in [4.78, 5) is 84.6. The number of fused-ring (bicyclic) bond motifs is 1. The minimum atomic E-state index is -1.22. The molecule has 3 N–H and O–H groups in total. The first-order chi connectivity index (χ1) is 31.3. The number of piperidine rings is 1. The second-order valence-electron chi connectivity index (χ2n) is 15.8. The molecule has 2 atom stereocenters. The summed E-state index contributed by atoms with van der Waals surface area (Å²) < 4.78 is 22.4. The van der Waals surface area contributed by atoms with Crippen molar-refractivity contribution < 1.29 is 52.8 Å². The molecule has 4 amide bonds. The maximum absolute atomic E-state index is 13.7. The summed E-state index contributed by atoms with van der Waals surface area (Å²) in [6.45, 7) is 11.7. The van der Waals surface area contributed by atoms with E-state index < -0.39 is 41.9 Å². The molecular weight excluding hydrogens is 860 g/mol. The highest BCUT2D eigenvalue weighted by molar-refractivity contribution is 6.32. The molecule has 17 nitrogen and oxygen atoms in total. The van der Waals surface area contributed by atoms with Crippen LogP contribution in [0.15, 0.2) is 54.6 Å². The highest BCUT2D eigenvalue weighted by atomic mass is 35.5. The van der Waals surface area contributed by atoms with Crippen LogP contribution in [0.2, 0.25) is 5.02 Å². The Morgan fingerprint density at radius 3 is 2.34 bits per heavy atom. The van der Waals surface area contributed by atoms with Gasteiger partial charge in [-0.3, -0.25) is 38.6 Å². The fraction of sp³-hybridized carbons (Fsp3) is 0.447. The van der Waals surface area contributed by atoms with Crippen LogP contribution in [0.3, 0.4) is 0 Å². The van der Waals surface area contributed by atoms with Crippen LogP contribution in [0, 0.1) is 0 Å². The third-order valence-electron chi connectivity index (χ3n) is 11.3. The van der Waals surface area contributed by atoms with Crippen LogP contribution in [0.4, 0.5) is 11.4 Å². The van der Waals surface area contributed by atoms with Crippen molar-refractivity contribution in [2.24, 2.45) is 0 Å². The first kappa shape index (κ1) is 48.6. The maximum Gasteiger partial charge on any atom is 0.307 e. The fourth-order valence-electron chi connectivity index (χ4n) is 7.82. The Hall–Kier alpha value is -5.85. The average Bonchev–Trinajstić information content (AvgIpc) is 3.54. The molecule has 3 heterocycles. The smallest absolute Gasteiger partial charge is 0.307 e. The van der Waals surface area contributed by atoms with E-state index in [1.54, 1.807) is 43.3 Å². The predicted molar refractivity (Wildman–Crippen MR) is 243 cm³/mol. The van der Waals surface area contributed by atoms with Crippen molar-refractivity contribution in [3.63, 3.8) is 0 Å². The second-order valence-corrected chi connectivity index (χ2v) is 16.2. The first-order valence-corrected chi connectivity index (χ1v) is 22.3. The second kappa shape index (κ2) is 22.9. The number of likely N-dealkylation sites (tertiary alicyclic amines) is 1. The van der Waals surface area contributed by atoms with Crippen molar-refractivity contribution in [2.75, 3.05) is 90.0 Å². The van der Waals surface area contributed by atoms with Crippen molar-refractivity contribution in [3.8, 4) is 11.5 Å². The molecule has 3 aliphatic rings. The molecule has 2 unspecified atom stereocenters. The van der Waals surface area contributed by atoms with Gasteiger partial charge in [0.1, 0.15) is 17.5 Å². The number of likely N-dealkylation sites (N-methyl/N-ethyl adjacent to an activating group) is 1. The van der Waals surface area contributed by atoms with Crippen LogP contribution in [0.5, 0.6) is 11.5 Å². The largest absolute Gasteiger partial charge is 0.507 e. The summed E-state index contributed by atoms with van der Waals surface area (Å²) in [5.74, 6) is -3.14. The molecule has 0 aromatic heterocycles. The van der Waals surface area contributed by atoms with Crippen molar-refractivity contribution in [1.82, 2.24) is 19.6 Å². The van der Waals surface area contributed by atoms with Gasteiger partial charge in [0, 0.05) is 86.7 Å². The van der Waals surface area contributed by atoms with Gasteiger partial charge in [-0.05, 0) is 75.4 Å². The molecule has 348 valence electrons. The van der Waals surface area contributed by atoms with E-state index in [0.717, 1.165) is 47.2 Å². The van der Waals surface area contributed by atoms with Gasteiger partial charge in [0.15, 0.2) is 12.0 Å². The molecule has 0 saturated carbocycles. The van der Waals surface area contributed by atoms with Crippen molar-refractivity contribution in [3.05, 3.63) is 87.4 Å². The summed E-state index contributed by atoms with van der Waals surface area (Å²) in [5, 5.41) is 17.6. The van der Waals surface area contributed by atoms with Gasteiger partial charge in [0.25, 0.3) is 17.7 Å². The standard InChI is InChI=1S/C47H57ClN6O11/c1-5-43(58)65-30(3)53-42(57)15-13-38(46(53)60)54-45(59)34-8-7-9-37(44(34)47(54)61)50-17-23-63-25-24-62-22-16-49-33-12-10-31(36(48)27-33)11-14-39(55)35-26-32(41(64-6-2)28-40(35)56)29-52-20-18-51(4)19-21-52/h7-12,14,26-28,30,38,49-50,56H,5-6,13,15-25,29H2,1-4H3/b14-11+. The lowest BCUT2D eigenvalue weighted by Crippen LogP contribution is -2.58. The minimum Gasteiger partial charge on any atom is -0.507 e. The van der Waals surface area contributed by atoms with Crippen molar-refractivity contribution >= 4 is 64.4 Å². The average molecular weight is 917 g/mol. The van der Waals surface area contributed by atoms with Gasteiger partial charge in [-0.1, -0.05) is 30.7 Å². The third-order valence-corrected chi connectivity index (χ3v) is 11.6. The van der Waals surface area contributed by atoms with Gasteiger partial charge in [0.05, 0.1) is 49.7 Å². The van der Waals surface area contributed by atoms with E-state index in [-0.39, 0.29) is 54.1 Å². The molecule has 2 saturated heterocycles. The zero-order valence-corrected chi connectivity index (χ0v) is 38.0. The van der Waals surface area contributed by atoms with Crippen LogP contribution in [0.25, 0.3) is 6.08 Å². The van der Waals surface area contributed by atoms with Gasteiger partial charge in [-0.25, -0.2) is 4.90 Å². The molecule has 18 heteroatoms. The monoisotopic (exact) mass is 916 g/mol. The number of phenols is 1. The fourth-order valence-corrected chi connectivity index (χ4v) is 8.06. The predicted octanol–water partition coefficient (Wildman–Crippen LogP) is 5.06. The highest BCUT2D eigenvalue weighted by Gasteiger charge is 2.49. The minimum absolute atomic E-state index is 0.0357. The SMILES string of the molecule is CCOc1cc(O)c(C(=O)/C=C/c2ccc(NCCOCCOCCNc3cccc4c3C(=O)N(C3CCC(=O)N(C(C)OC(=O)CC)C3=O)C4=O)cc2Cl)cc1CN1CCN(C)CC1. The van der Waals surface area contributed by atoms with E-state index in [1.165, 1.54) is 25.1 Å². The highest BCUT2D eigenvalue weighted by Crippen LogP contribution is 2.34. The summed E-state index contributed by atoms with van der Waals surface area (Å²) in [6, 6.07) is 12.2. The number of rotatable bonds is 22. The topological polar surface area (TPSA) is 197 Å². The number of anilines is 2. The molecule has 3 aliphatic heterocycles. The number of phenolic OH excluding ortho intramolecular Hbond substituents is 1. The number of imide groups is 2. The molecule has 2 fully saturated rings. The van der Waals surface area contributed by atoms with Gasteiger partial charge in [-0.15, -0.1) is 0 Å². The Morgan fingerprint density at radius 1 is 0.923 bits per heavy atom.